The summed E-state index contributed by atoms with van der Waals surface area (Å²) in [5.41, 5.74) is 3.68. The van der Waals surface area contributed by atoms with E-state index in [1.54, 1.807) is 12.1 Å². The minimum atomic E-state index is -0.119. The standard InChI is InChI=1S/C23H25N3O2/c27-22(16-26-14-12-18(13-15-26)17-6-2-1-3-7-17)25-21-9-5-4-8-20(21)23(28)24-19-10-11-19/h1-9,12,19H,10-11,13-16H2,(H,24,28)(H,25,27). The van der Waals surface area contributed by atoms with Crippen molar-refractivity contribution >= 4 is 23.1 Å². The predicted molar refractivity (Wildman–Crippen MR) is 111 cm³/mol. The first-order valence-corrected chi connectivity index (χ1v) is 9.85. The zero-order chi connectivity index (χ0) is 19.3. The molecule has 0 aromatic heterocycles. The van der Waals surface area contributed by atoms with E-state index in [0.29, 0.717) is 17.8 Å². The summed E-state index contributed by atoms with van der Waals surface area (Å²) < 4.78 is 0. The van der Waals surface area contributed by atoms with Crippen molar-refractivity contribution < 1.29 is 9.59 Å². The second-order valence-corrected chi connectivity index (χ2v) is 7.42. The molecule has 1 fully saturated rings. The number of nitrogens with zero attached hydrogens (tertiary/aromatic N) is 1. The molecule has 0 atom stereocenters. The van der Waals surface area contributed by atoms with Crippen molar-refractivity contribution in [1.29, 1.82) is 0 Å². The smallest absolute Gasteiger partial charge is 0.253 e. The molecule has 0 saturated heterocycles. The highest BCUT2D eigenvalue weighted by atomic mass is 16.2. The second-order valence-electron chi connectivity index (χ2n) is 7.42. The Bertz CT molecular complexity index is 888. The van der Waals surface area contributed by atoms with Crippen molar-refractivity contribution in [3.05, 3.63) is 71.8 Å². The van der Waals surface area contributed by atoms with Gasteiger partial charge in [-0.2, -0.15) is 0 Å². The molecule has 4 rings (SSSR count). The molecule has 0 spiro atoms. The Morgan fingerprint density at radius 3 is 2.46 bits per heavy atom. The van der Waals surface area contributed by atoms with Gasteiger partial charge < -0.3 is 10.6 Å². The van der Waals surface area contributed by atoms with Crippen LogP contribution in [0.5, 0.6) is 0 Å². The third-order valence-corrected chi connectivity index (χ3v) is 5.16. The van der Waals surface area contributed by atoms with Gasteiger partial charge in [0.2, 0.25) is 5.91 Å². The Morgan fingerprint density at radius 2 is 1.75 bits per heavy atom. The van der Waals surface area contributed by atoms with Crippen molar-refractivity contribution in [3.63, 3.8) is 0 Å². The van der Waals surface area contributed by atoms with E-state index in [1.165, 1.54) is 11.1 Å². The van der Waals surface area contributed by atoms with Gasteiger partial charge in [0.15, 0.2) is 0 Å². The fourth-order valence-corrected chi connectivity index (χ4v) is 3.44. The number of carbonyl (C=O) groups is 2. The van der Waals surface area contributed by atoms with Crippen LogP contribution in [0.15, 0.2) is 60.7 Å². The van der Waals surface area contributed by atoms with Crippen LogP contribution in [-0.4, -0.2) is 42.4 Å². The number of amides is 2. The molecule has 0 unspecified atom stereocenters. The summed E-state index contributed by atoms with van der Waals surface area (Å²) in [6.07, 6.45) is 5.20. The molecule has 1 saturated carbocycles. The molecule has 2 amide bonds. The fourth-order valence-electron chi connectivity index (χ4n) is 3.44. The van der Waals surface area contributed by atoms with Crippen LogP contribution in [0.2, 0.25) is 0 Å². The summed E-state index contributed by atoms with van der Waals surface area (Å²) in [4.78, 5) is 27.0. The SMILES string of the molecule is O=C(CN1CC=C(c2ccccc2)CC1)Nc1ccccc1C(=O)NC1CC1. The summed E-state index contributed by atoms with van der Waals surface area (Å²) in [5, 5.41) is 5.89. The highest BCUT2D eigenvalue weighted by Gasteiger charge is 2.25. The molecule has 2 aliphatic rings. The maximum Gasteiger partial charge on any atom is 0.253 e. The first kappa shape index (κ1) is 18.4. The monoisotopic (exact) mass is 375 g/mol. The van der Waals surface area contributed by atoms with Gasteiger partial charge in [-0.05, 0) is 42.5 Å². The summed E-state index contributed by atoms with van der Waals surface area (Å²) in [5.74, 6) is -0.213. The van der Waals surface area contributed by atoms with Crippen LogP contribution in [0.1, 0.15) is 35.2 Å². The largest absolute Gasteiger partial charge is 0.349 e. The molecule has 28 heavy (non-hydrogen) atoms. The van der Waals surface area contributed by atoms with Crippen LogP contribution in [0.4, 0.5) is 5.69 Å². The number of carbonyl (C=O) groups excluding carboxylic acids is 2. The number of para-hydroxylation sites is 1. The van der Waals surface area contributed by atoms with Gasteiger partial charge in [-0.3, -0.25) is 14.5 Å². The van der Waals surface area contributed by atoms with Gasteiger partial charge in [0.1, 0.15) is 0 Å². The van der Waals surface area contributed by atoms with E-state index in [4.69, 9.17) is 0 Å². The summed E-state index contributed by atoms with van der Waals surface area (Å²) >= 11 is 0. The van der Waals surface area contributed by atoms with Crippen molar-refractivity contribution in [3.8, 4) is 0 Å². The molecule has 144 valence electrons. The van der Waals surface area contributed by atoms with Gasteiger partial charge in [-0.25, -0.2) is 0 Å². The lowest BCUT2D eigenvalue weighted by atomic mass is 10.00. The zero-order valence-electron chi connectivity index (χ0n) is 15.9. The Balaban J connectivity index is 1.34. The van der Waals surface area contributed by atoms with E-state index in [0.717, 1.165) is 32.4 Å². The Labute approximate surface area is 165 Å². The quantitative estimate of drug-likeness (QED) is 0.814. The number of rotatable bonds is 6. The third kappa shape index (κ3) is 4.67. The van der Waals surface area contributed by atoms with Crippen LogP contribution in [0.25, 0.3) is 5.57 Å². The highest BCUT2D eigenvalue weighted by Crippen LogP contribution is 2.23. The first-order valence-electron chi connectivity index (χ1n) is 9.85. The molecule has 0 radical (unpaired) electrons. The van der Waals surface area contributed by atoms with E-state index >= 15 is 0 Å². The van der Waals surface area contributed by atoms with E-state index in [2.05, 4.69) is 33.7 Å². The predicted octanol–water partition coefficient (Wildman–Crippen LogP) is 3.31. The number of anilines is 1. The van der Waals surface area contributed by atoms with Gasteiger partial charge in [0.05, 0.1) is 17.8 Å². The van der Waals surface area contributed by atoms with Gasteiger partial charge >= 0.3 is 0 Å². The van der Waals surface area contributed by atoms with Gasteiger partial charge in [-0.1, -0.05) is 48.5 Å². The normalized spacial score (nSPS) is 16.9. The Morgan fingerprint density at radius 1 is 1.00 bits per heavy atom. The molecule has 2 N–H and O–H groups in total. The topological polar surface area (TPSA) is 61.4 Å². The van der Waals surface area contributed by atoms with Crippen molar-refractivity contribution in [1.82, 2.24) is 10.2 Å². The van der Waals surface area contributed by atoms with Crippen molar-refractivity contribution in [2.45, 2.75) is 25.3 Å². The molecule has 5 nitrogen and oxygen atoms in total. The zero-order valence-corrected chi connectivity index (χ0v) is 15.9. The molecule has 1 aliphatic carbocycles. The Hall–Kier alpha value is -2.92. The highest BCUT2D eigenvalue weighted by molar-refractivity contribution is 6.04. The maximum absolute atomic E-state index is 12.5. The Kier molecular flexibility index (Phi) is 5.53. The van der Waals surface area contributed by atoms with Gasteiger partial charge in [0, 0.05) is 19.1 Å². The third-order valence-electron chi connectivity index (χ3n) is 5.16. The van der Waals surface area contributed by atoms with E-state index in [1.807, 2.05) is 30.3 Å². The summed E-state index contributed by atoms with van der Waals surface area (Å²) in [6, 6.07) is 17.8. The molecular formula is C23H25N3O2. The number of hydrogen-bond acceptors (Lipinski definition) is 3. The number of hydrogen-bond donors (Lipinski definition) is 2. The second kappa shape index (κ2) is 8.40. The molecule has 1 heterocycles. The van der Waals surface area contributed by atoms with Crippen molar-refractivity contribution in [2.75, 3.05) is 25.0 Å². The lowest BCUT2D eigenvalue weighted by molar-refractivity contribution is -0.117. The van der Waals surface area contributed by atoms with Crippen LogP contribution >= 0.6 is 0 Å². The van der Waals surface area contributed by atoms with Gasteiger partial charge in [0.25, 0.3) is 5.91 Å². The minimum Gasteiger partial charge on any atom is -0.349 e. The number of nitrogens with one attached hydrogen (secondary N) is 2. The molecular weight excluding hydrogens is 350 g/mol. The maximum atomic E-state index is 12.5. The van der Waals surface area contributed by atoms with Crippen LogP contribution < -0.4 is 10.6 Å². The van der Waals surface area contributed by atoms with E-state index < -0.39 is 0 Å². The molecule has 2 aromatic rings. The van der Waals surface area contributed by atoms with Crippen molar-refractivity contribution in [2.24, 2.45) is 0 Å². The van der Waals surface area contributed by atoms with Crippen LogP contribution in [-0.2, 0) is 4.79 Å². The molecule has 2 aromatic carbocycles. The molecule has 5 heteroatoms. The fraction of sp³-hybridized carbons (Fsp3) is 0.304. The lowest BCUT2D eigenvalue weighted by Gasteiger charge is -2.26. The van der Waals surface area contributed by atoms with Crippen LogP contribution in [0, 0.1) is 0 Å². The minimum absolute atomic E-state index is 0.0942. The first-order chi connectivity index (χ1) is 13.7. The average molecular weight is 375 g/mol. The van der Waals surface area contributed by atoms with Gasteiger partial charge in [-0.15, -0.1) is 0 Å². The molecule has 1 aliphatic heterocycles. The number of benzene rings is 2. The molecule has 0 bridgehead atoms. The van der Waals surface area contributed by atoms with Crippen LogP contribution in [0.3, 0.4) is 0 Å². The van der Waals surface area contributed by atoms with E-state index in [-0.39, 0.29) is 17.9 Å². The average Bonchev–Trinajstić information content (AvgIpc) is 3.53. The summed E-state index contributed by atoms with van der Waals surface area (Å²) in [7, 11) is 0. The van der Waals surface area contributed by atoms with E-state index in [9.17, 15) is 9.59 Å². The lowest BCUT2D eigenvalue weighted by Crippen LogP contribution is -2.36. The summed E-state index contributed by atoms with van der Waals surface area (Å²) in [6.45, 7) is 1.91.